The van der Waals surface area contributed by atoms with Crippen LogP contribution < -0.4 is 5.32 Å². The highest BCUT2D eigenvalue weighted by atomic mass is 16.5. The van der Waals surface area contributed by atoms with E-state index in [0.29, 0.717) is 6.61 Å². The quantitative estimate of drug-likeness (QED) is 0.546. The lowest BCUT2D eigenvalue weighted by Gasteiger charge is -2.13. The van der Waals surface area contributed by atoms with Gasteiger partial charge in [0.05, 0.1) is 6.61 Å². The Morgan fingerprint density at radius 1 is 1.35 bits per heavy atom. The SMILES string of the molecule is CCCCCOCC(=O)NC(COC)C(=O)O. The fourth-order valence-electron chi connectivity index (χ4n) is 1.20. The molecule has 1 amide bonds. The lowest BCUT2D eigenvalue weighted by atomic mass is 10.3. The van der Waals surface area contributed by atoms with Crippen LogP contribution in [0.1, 0.15) is 26.2 Å². The highest BCUT2D eigenvalue weighted by Gasteiger charge is 2.19. The second-order valence-electron chi connectivity index (χ2n) is 3.67. The molecular formula is C11H21NO5. The minimum atomic E-state index is -1.12. The monoisotopic (exact) mass is 247 g/mol. The molecule has 0 heterocycles. The topological polar surface area (TPSA) is 84.9 Å². The van der Waals surface area contributed by atoms with Crippen molar-refractivity contribution in [3.05, 3.63) is 0 Å². The lowest BCUT2D eigenvalue weighted by Crippen LogP contribution is -2.45. The van der Waals surface area contributed by atoms with Crippen molar-refractivity contribution < 1.29 is 24.2 Å². The number of hydrogen-bond donors (Lipinski definition) is 2. The van der Waals surface area contributed by atoms with Crippen molar-refractivity contribution in [3.63, 3.8) is 0 Å². The zero-order chi connectivity index (χ0) is 13.1. The van der Waals surface area contributed by atoms with Gasteiger partial charge in [-0.1, -0.05) is 19.8 Å². The maximum absolute atomic E-state index is 11.3. The molecule has 2 N–H and O–H groups in total. The molecule has 6 nitrogen and oxygen atoms in total. The fourth-order valence-corrected chi connectivity index (χ4v) is 1.20. The molecule has 0 aromatic carbocycles. The first-order chi connectivity index (χ1) is 8.11. The first-order valence-corrected chi connectivity index (χ1v) is 5.70. The van der Waals surface area contributed by atoms with Gasteiger partial charge in [-0.05, 0) is 6.42 Å². The Hall–Kier alpha value is -1.14. The molecule has 0 aliphatic rings. The maximum atomic E-state index is 11.3. The highest BCUT2D eigenvalue weighted by Crippen LogP contribution is 1.94. The number of unbranched alkanes of at least 4 members (excludes halogenated alkanes) is 2. The highest BCUT2D eigenvalue weighted by molar-refractivity contribution is 5.84. The van der Waals surface area contributed by atoms with Gasteiger partial charge in [0.1, 0.15) is 6.61 Å². The van der Waals surface area contributed by atoms with Gasteiger partial charge in [-0.3, -0.25) is 4.79 Å². The summed E-state index contributed by atoms with van der Waals surface area (Å²) in [7, 11) is 1.38. The van der Waals surface area contributed by atoms with Crippen LogP contribution in [0, 0.1) is 0 Å². The minimum absolute atomic E-state index is 0.0586. The number of aliphatic carboxylic acids is 1. The smallest absolute Gasteiger partial charge is 0.328 e. The second-order valence-corrected chi connectivity index (χ2v) is 3.67. The van der Waals surface area contributed by atoms with Crippen LogP contribution in [0.2, 0.25) is 0 Å². The predicted molar refractivity (Wildman–Crippen MR) is 61.8 cm³/mol. The van der Waals surface area contributed by atoms with Crippen molar-refractivity contribution in [1.82, 2.24) is 5.32 Å². The van der Waals surface area contributed by atoms with Gasteiger partial charge in [0.15, 0.2) is 6.04 Å². The molecule has 0 aliphatic heterocycles. The Bertz CT molecular complexity index is 232. The van der Waals surface area contributed by atoms with Gasteiger partial charge in [0, 0.05) is 13.7 Å². The van der Waals surface area contributed by atoms with E-state index in [9.17, 15) is 9.59 Å². The molecule has 0 saturated heterocycles. The van der Waals surface area contributed by atoms with E-state index in [2.05, 4.69) is 17.0 Å². The molecule has 100 valence electrons. The molecule has 0 aromatic heterocycles. The molecule has 1 atom stereocenters. The van der Waals surface area contributed by atoms with E-state index in [-0.39, 0.29) is 13.2 Å². The van der Waals surface area contributed by atoms with Gasteiger partial charge < -0.3 is 19.9 Å². The molecule has 17 heavy (non-hydrogen) atoms. The van der Waals surface area contributed by atoms with Crippen molar-refractivity contribution >= 4 is 11.9 Å². The van der Waals surface area contributed by atoms with Crippen LogP contribution in [-0.4, -0.2) is 50.0 Å². The van der Waals surface area contributed by atoms with Crippen LogP contribution in [0.5, 0.6) is 0 Å². The Labute approximate surface area is 101 Å². The van der Waals surface area contributed by atoms with Crippen molar-refractivity contribution in [3.8, 4) is 0 Å². The van der Waals surface area contributed by atoms with Gasteiger partial charge in [-0.25, -0.2) is 4.79 Å². The molecule has 0 spiro atoms. The van der Waals surface area contributed by atoms with Crippen LogP contribution in [0.4, 0.5) is 0 Å². The van der Waals surface area contributed by atoms with Crippen LogP contribution in [-0.2, 0) is 19.1 Å². The van der Waals surface area contributed by atoms with E-state index in [0.717, 1.165) is 19.3 Å². The van der Waals surface area contributed by atoms with Crippen LogP contribution in [0.3, 0.4) is 0 Å². The Kier molecular flexibility index (Phi) is 9.37. The second kappa shape index (κ2) is 10.0. The summed E-state index contributed by atoms with van der Waals surface area (Å²) in [5, 5.41) is 11.1. The molecule has 6 heteroatoms. The predicted octanol–water partition coefficient (Wildman–Crippen LogP) is 0.409. The molecule has 0 fully saturated rings. The third-order valence-electron chi connectivity index (χ3n) is 2.09. The Morgan fingerprint density at radius 2 is 2.06 bits per heavy atom. The fraction of sp³-hybridized carbons (Fsp3) is 0.818. The number of carboxylic acid groups (broad SMARTS) is 1. The van der Waals surface area contributed by atoms with E-state index >= 15 is 0 Å². The Morgan fingerprint density at radius 3 is 2.59 bits per heavy atom. The maximum Gasteiger partial charge on any atom is 0.328 e. The summed E-state index contributed by atoms with van der Waals surface area (Å²) in [6.45, 7) is 2.42. The van der Waals surface area contributed by atoms with Gasteiger partial charge >= 0.3 is 5.97 Å². The molecular weight excluding hydrogens is 226 g/mol. The number of carboxylic acids is 1. The Balaban J connectivity index is 3.71. The number of carbonyl (C=O) groups excluding carboxylic acids is 1. The van der Waals surface area contributed by atoms with Crippen molar-refractivity contribution in [1.29, 1.82) is 0 Å². The first kappa shape index (κ1) is 15.9. The summed E-state index contributed by atoms with van der Waals surface area (Å²) in [6, 6.07) is -1.02. The summed E-state index contributed by atoms with van der Waals surface area (Å²) in [4.78, 5) is 22.0. The summed E-state index contributed by atoms with van der Waals surface area (Å²) >= 11 is 0. The minimum Gasteiger partial charge on any atom is -0.480 e. The number of ether oxygens (including phenoxy) is 2. The third-order valence-corrected chi connectivity index (χ3v) is 2.09. The average Bonchev–Trinajstić information content (AvgIpc) is 2.28. The van der Waals surface area contributed by atoms with Crippen LogP contribution in [0.25, 0.3) is 0 Å². The van der Waals surface area contributed by atoms with E-state index in [1.165, 1.54) is 7.11 Å². The number of nitrogens with one attached hydrogen (secondary N) is 1. The molecule has 0 aromatic rings. The number of rotatable bonds is 10. The lowest BCUT2D eigenvalue weighted by molar-refractivity contribution is -0.144. The van der Waals surface area contributed by atoms with E-state index in [1.807, 2.05) is 0 Å². The van der Waals surface area contributed by atoms with Gasteiger partial charge in [-0.15, -0.1) is 0 Å². The molecule has 1 unspecified atom stereocenters. The molecule has 0 saturated carbocycles. The van der Waals surface area contributed by atoms with Crippen LogP contribution >= 0.6 is 0 Å². The van der Waals surface area contributed by atoms with Crippen molar-refractivity contribution in [2.24, 2.45) is 0 Å². The van der Waals surface area contributed by atoms with Crippen LogP contribution in [0.15, 0.2) is 0 Å². The normalized spacial score (nSPS) is 12.1. The average molecular weight is 247 g/mol. The first-order valence-electron chi connectivity index (χ1n) is 5.70. The summed E-state index contributed by atoms with van der Waals surface area (Å²) in [6.07, 6.45) is 3.05. The van der Waals surface area contributed by atoms with Gasteiger partial charge in [0.2, 0.25) is 5.91 Å². The summed E-state index contributed by atoms with van der Waals surface area (Å²) in [5.74, 6) is -1.56. The number of carbonyl (C=O) groups is 2. The van der Waals surface area contributed by atoms with E-state index in [1.54, 1.807) is 0 Å². The van der Waals surface area contributed by atoms with Crippen molar-refractivity contribution in [2.45, 2.75) is 32.2 Å². The van der Waals surface area contributed by atoms with Gasteiger partial charge in [0.25, 0.3) is 0 Å². The zero-order valence-electron chi connectivity index (χ0n) is 10.4. The van der Waals surface area contributed by atoms with Gasteiger partial charge in [-0.2, -0.15) is 0 Å². The summed E-state index contributed by atoms with van der Waals surface area (Å²) < 4.78 is 9.80. The number of methoxy groups -OCH3 is 1. The largest absolute Gasteiger partial charge is 0.480 e. The van der Waals surface area contributed by atoms with E-state index < -0.39 is 17.9 Å². The number of hydrogen-bond acceptors (Lipinski definition) is 4. The molecule has 0 rings (SSSR count). The molecule has 0 aliphatic carbocycles. The zero-order valence-corrected chi connectivity index (χ0v) is 10.4. The summed E-state index contributed by atoms with van der Waals surface area (Å²) in [5.41, 5.74) is 0. The molecule has 0 bridgehead atoms. The molecule has 0 radical (unpaired) electrons. The third kappa shape index (κ3) is 8.65. The van der Waals surface area contributed by atoms with Crippen molar-refractivity contribution in [2.75, 3.05) is 26.9 Å². The number of amides is 1. The standard InChI is InChI=1S/C11H21NO5/c1-3-4-5-6-17-8-10(13)12-9(7-16-2)11(14)15/h9H,3-8H2,1-2H3,(H,12,13)(H,14,15). The van der Waals surface area contributed by atoms with E-state index in [4.69, 9.17) is 9.84 Å².